The van der Waals surface area contributed by atoms with E-state index in [9.17, 15) is 28.2 Å². The van der Waals surface area contributed by atoms with E-state index >= 15 is 0 Å². The molecule has 15 heteroatoms. The number of amides is 1. The largest absolute Gasteiger partial charge is 0.490 e. The van der Waals surface area contributed by atoms with Crippen LogP contribution in [-0.4, -0.2) is 77.7 Å². The standard InChI is InChI=1S/C27H29ClN6O3.C2HF3O2/c1-2-21(35)31-19-13-20(24(37)23(19)36)34-15-30-22-25(32-27(28)33-26(22)34)29-14-18(16-9-5-3-6-10-16)17-11-7-4-8-12-17;3-2(4,5)1(6)7/h3-12,15,18-20,23-24,36-37H,2,13-14H2,1H3,(H,31,35)(H,29,32,33);(H,6,7)/t19-,20+,23+,24-;/m0./s1. The van der Waals surface area contributed by atoms with Crippen molar-refractivity contribution < 1.29 is 38.1 Å². The molecule has 1 amide bonds. The molecule has 1 aliphatic carbocycles. The smallest absolute Gasteiger partial charge is 0.475 e. The van der Waals surface area contributed by atoms with E-state index in [2.05, 4.69) is 49.9 Å². The Morgan fingerprint density at radius 2 is 1.59 bits per heavy atom. The Labute approximate surface area is 254 Å². The van der Waals surface area contributed by atoms with E-state index in [0.717, 1.165) is 11.1 Å². The molecule has 44 heavy (non-hydrogen) atoms. The average molecular weight is 635 g/mol. The van der Waals surface area contributed by atoms with Crippen molar-refractivity contribution >= 4 is 40.5 Å². The van der Waals surface area contributed by atoms with Crippen LogP contribution in [0.3, 0.4) is 0 Å². The van der Waals surface area contributed by atoms with Gasteiger partial charge in [-0.25, -0.2) is 9.78 Å². The number of fused-ring (bicyclic) bond motifs is 1. The van der Waals surface area contributed by atoms with Gasteiger partial charge in [-0.3, -0.25) is 4.79 Å². The van der Waals surface area contributed by atoms with E-state index in [1.807, 2.05) is 36.4 Å². The fourth-order valence-electron chi connectivity index (χ4n) is 4.99. The Balaban J connectivity index is 0.000000566. The van der Waals surface area contributed by atoms with Gasteiger partial charge in [0.25, 0.3) is 0 Å². The van der Waals surface area contributed by atoms with E-state index in [0.29, 0.717) is 36.4 Å². The summed E-state index contributed by atoms with van der Waals surface area (Å²) in [7, 11) is 0. The summed E-state index contributed by atoms with van der Waals surface area (Å²) in [6, 6.07) is 19.3. The molecule has 0 bridgehead atoms. The first-order valence-corrected chi connectivity index (χ1v) is 14.0. The first-order chi connectivity index (χ1) is 20.9. The number of anilines is 1. The van der Waals surface area contributed by atoms with Gasteiger partial charge in [0.1, 0.15) is 12.2 Å². The second kappa shape index (κ2) is 14.0. The molecule has 2 aromatic heterocycles. The van der Waals surface area contributed by atoms with Crippen LogP contribution in [0.2, 0.25) is 5.28 Å². The molecule has 0 saturated heterocycles. The zero-order chi connectivity index (χ0) is 32.0. The van der Waals surface area contributed by atoms with Gasteiger partial charge in [-0.15, -0.1) is 0 Å². The highest BCUT2D eigenvalue weighted by Crippen LogP contribution is 2.35. The summed E-state index contributed by atoms with van der Waals surface area (Å²) in [6.45, 7) is 2.28. The van der Waals surface area contributed by atoms with E-state index in [1.165, 1.54) is 0 Å². The van der Waals surface area contributed by atoms with E-state index in [-0.39, 0.29) is 17.1 Å². The maximum atomic E-state index is 11.9. The van der Waals surface area contributed by atoms with Crippen molar-refractivity contribution in [2.75, 3.05) is 11.9 Å². The Bertz CT molecular complexity index is 1540. The van der Waals surface area contributed by atoms with Crippen LogP contribution in [0.5, 0.6) is 0 Å². The van der Waals surface area contributed by atoms with Gasteiger partial charge in [0.05, 0.1) is 18.4 Å². The average Bonchev–Trinajstić information content (AvgIpc) is 3.54. The minimum atomic E-state index is -5.08. The Kier molecular flexibility index (Phi) is 10.4. The number of rotatable bonds is 8. The van der Waals surface area contributed by atoms with Crippen LogP contribution < -0.4 is 10.6 Å². The fraction of sp³-hybridized carbons (Fsp3) is 0.345. The lowest BCUT2D eigenvalue weighted by Crippen LogP contribution is -2.42. The number of nitrogens with zero attached hydrogens (tertiary/aromatic N) is 4. The number of carbonyl (C=O) groups is 2. The second-order valence-electron chi connectivity index (χ2n) is 10.0. The zero-order valence-electron chi connectivity index (χ0n) is 23.3. The number of halogens is 4. The molecule has 11 nitrogen and oxygen atoms in total. The van der Waals surface area contributed by atoms with E-state index in [1.54, 1.807) is 17.8 Å². The van der Waals surface area contributed by atoms with Crippen LogP contribution in [0.15, 0.2) is 67.0 Å². The molecular formula is C29H30ClF3N6O5. The Hall–Kier alpha value is -4.27. The van der Waals surface area contributed by atoms with Crippen LogP contribution in [0, 0.1) is 0 Å². The number of aliphatic hydroxyl groups is 2. The molecule has 1 fully saturated rings. The highest BCUT2D eigenvalue weighted by molar-refractivity contribution is 6.28. The number of nitrogens with one attached hydrogen (secondary N) is 2. The lowest BCUT2D eigenvalue weighted by Gasteiger charge is -2.20. The summed E-state index contributed by atoms with van der Waals surface area (Å²) in [6.07, 6.45) is -5.11. The molecule has 1 saturated carbocycles. The van der Waals surface area contributed by atoms with Gasteiger partial charge in [-0.05, 0) is 29.1 Å². The molecule has 1 aliphatic rings. The molecule has 234 valence electrons. The van der Waals surface area contributed by atoms with Crippen LogP contribution >= 0.6 is 11.6 Å². The zero-order valence-corrected chi connectivity index (χ0v) is 24.1. The van der Waals surface area contributed by atoms with Crippen LogP contribution in [0.1, 0.15) is 42.9 Å². The Morgan fingerprint density at radius 1 is 1.02 bits per heavy atom. The molecule has 5 N–H and O–H groups in total. The van der Waals surface area contributed by atoms with Gasteiger partial charge in [0, 0.05) is 18.9 Å². The maximum absolute atomic E-state index is 11.9. The van der Waals surface area contributed by atoms with Crippen molar-refractivity contribution in [2.45, 2.75) is 56.2 Å². The number of carboxylic acids is 1. The predicted molar refractivity (Wildman–Crippen MR) is 155 cm³/mol. The molecular weight excluding hydrogens is 605 g/mol. The summed E-state index contributed by atoms with van der Waals surface area (Å²) < 4.78 is 33.4. The molecule has 0 radical (unpaired) electrons. The number of aliphatic carboxylic acids is 1. The minimum Gasteiger partial charge on any atom is -0.475 e. The summed E-state index contributed by atoms with van der Waals surface area (Å²) in [4.78, 5) is 34.1. The summed E-state index contributed by atoms with van der Waals surface area (Å²) in [5.74, 6) is -2.40. The number of imidazole rings is 1. The lowest BCUT2D eigenvalue weighted by molar-refractivity contribution is -0.192. The lowest BCUT2D eigenvalue weighted by atomic mass is 9.91. The third-order valence-corrected chi connectivity index (χ3v) is 7.36. The normalized spacial score (nSPS) is 19.8. The van der Waals surface area contributed by atoms with Gasteiger partial charge in [-0.2, -0.15) is 23.1 Å². The van der Waals surface area contributed by atoms with Gasteiger partial charge in [0.15, 0.2) is 17.0 Å². The van der Waals surface area contributed by atoms with Crippen LogP contribution in [-0.2, 0) is 9.59 Å². The number of benzene rings is 2. The highest BCUT2D eigenvalue weighted by Gasteiger charge is 2.43. The number of aromatic nitrogens is 4. The minimum absolute atomic E-state index is 0.0385. The highest BCUT2D eigenvalue weighted by atomic mass is 35.5. The van der Waals surface area contributed by atoms with Crippen molar-refractivity contribution in [3.63, 3.8) is 0 Å². The molecule has 4 aromatic rings. The number of alkyl halides is 3. The maximum Gasteiger partial charge on any atom is 0.490 e. The van der Waals surface area contributed by atoms with Crippen molar-refractivity contribution in [2.24, 2.45) is 0 Å². The van der Waals surface area contributed by atoms with Crippen LogP contribution in [0.4, 0.5) is 19.0 Å². The summed E-state index contributed by atoms with van der Waals surface area (Å²) in [5, 5.41) is 34.7. The van der Waals surface area contributed by atoms with Gasteiger partial charge in [0.2, 0.25) is 11.2 Å². The van der Waals surface area contributed by atoms with E-state index < -0.39 is 36.4 Å². The molecule has 2 heterocycles. The van der Waals surface area contributed by atoms with Crippen LogP contribution in [0.25, 0.3) is 11.2 Å². The molecule has 2 aromatic carbocycles. The number of carbonyl (C=O) groups excluding carboxylic acids is 1. The van der Waals surface area contributed by atoms with Crippen molar-refractivity contribution in [1.82, 2.24) is 24.8 Å². The van der Waals surface area contributed by atoms with E-state index in [4.69, 9.17) is 21.5 Å². The van der Waals surface area contributed by atoms with Crippen molar-refractivity contribution in [3.8, 4) is 0 Å². The molecule has 0 aliphatic heterocycles. The van der Waals surface area contributed by atoms with Gasteiger partial charge in [-0.1, -0.05) is 67.6 Å². The SMILES string of the molecule is CCC(=O)N[C@H]1C[C@@H](n2cnc3c(NCC(c4ccccc4)c4ccccc4)nc(Cl)nc32)[C@H](O)[C@@H]1O.O=C(O)C(F)(F)F. The molecule has 5 rings (SSSR count). The second-order valence-corrected chi connectivity index (χ2v) is 10.4. The third-order valence-electron chi connectivity index (χ3n) is 7.19. The number of hydrogen-bond donors (Lipinski definition) is 5. The number of hydrogen-bond acceptors (Lipinski definition) is 8. The van der Waals surface area contributed by atoms with Crippen molar-refractivity contribution in [1.29, 1.82) is 0 Å². The molecule has 0 spiro atoms. The van der Waals surface area contributed by atoms with Gasteiger partial charge < -0.3 is 30.5 Å². The molecule has 0 unspecified atom stereocenters. The summed E-state index contributed by atoms with van der Waals surface area (Å²) in [5.41, 5.74) is 3.27. The monoisotopic (exact) mass is 634 g/mol. The summed E-state index contributed by atoms with van der Waals surface area (Å²) >= 11 is 6.32. The topological polar surface area (TPSA) is 162 Å². The van der Waals surface area contributed by atoms with Crippen molar-refractivity contribution in [3.05, 3.63) is 83.4 Å². The quantitative estimate of drug-likeness (QED) is 0.181. The molecule has 4 atom stereocenters. The number of aliphatic hydroxyl groups excluding tert-OH is 2. The Morgan fingerprint density at radius 3 is 2.11 bits per heavy atom. The predicted octanol–water partition coefficient (Wildman–Crippen LogP) is 3.92. The first kappa shape index (κ1) is 32.6. The fourth-order valence-corrected chi connectivity index (χ4v) is 5.15. The third kappa shape index (κ3) is 7.62. The number of carboxylic acid groups (broad SMARTS) is 1. The first-order valence-electron chi connectivity index (χ1n) is 13.6. The van der Waals surface area contributed by atoms with Gasteiger partial charge >= 0.3 is 12.1 Å².